The maximum Gasteiger partial charge on any atom is 0.251 e. The molecular formula is C23H30N2O6. The van der Waals surface area contributed by atoms with E-state index in [-0.39, 0.29) is 12.5 Å². The normalized spacial score (nSPS) is 10.3. The number of carbonyl (C=O) groups excluding carboxylic acids is 2. The Balaban J connectivity index is 1.89. The fraction of sp³-hybridized carbons (Fsp3) is 0.391. The quantitative estimate of drug-likeness (QED) is 0.624. The van der Waals surface area contributed by atoms with Gasteiger partial charge in [0.1, 0.15) is 12.4 Å². The van der Waals surface area contributed by atoms with Crippen molar-refractivity contribution in [2.24, 2.45) is 0 Å². The standard InChI is InChI=1S/C23H30N2O6/c1-15-9-16(2)11-18(10-15)31-8-7-25(3)21(26)14-24-23(27)17-12-19(28-4)22(30-6)20(13-17)29-5/h9-13H,7-8,14H2,1-6H3,(H,24,27). The van der Waals surface area contributed by atoms with Gasteiger partial charge >= 0.3 is 0 Å². The summed E-state index contributed by atoms with van der Waals surface area (Å²) in [6.07, 6.45) is 0. The van der Waals surface area contributed by atoms with Gasteiger partial charge in [-0.05, 0) is 49.2 Å². The molecule has 0 bridgehead atoms. The van der Waals surface area contributed by atoms with Gasteiger partial charge in [-0.15, -0.1) is 0 Å². The van der Waals surface area contributed by atoms with Gasteiger partial charge in [-0.3, -0.25) is 9.59 Å². The second kappa shape index (κ2) is 11.1. The molecule has 8 nitrogen and oxygen atoms in total. The number of benzene rings is 2. The summed E-state index contributed by atoms with van der Waals surface area (Å²) in [4.78, 5) is 26.4. The molecule has 168 valence electrons. The molecule has 0 radical (unpaired) electrons. The number of methoxy groups -OCH3 is 3. The van der Waals surface area contributed by atoms with Crippen LogP contribution in [0.15, 0.2) is 30.3 Å². The molecule has 0 fully saturated rings. The zero-order valence-corrected chi connectivity index (χ0v) is 18.9. The van der Waals surface area contributed by atoms with E-state index in [1.807, 2.05) is 26.0 Å². The molecule has 2 rings (SSSR count). The Morgan fingerprint density at radius 3 is 2.00 bits per heavy atom. The zero-order valence-electron chi connectivity index (χ0n) is 18.9. The lowest BCUT2D eigenvalue weighted by Gasteiger charge is -2.18. The van der Waals surface area contributed by atoms with Gasteiger partial charge in [-0.1, -0.05) is 6.07 Å². The van der Waals surface area contributed by atoms with Crippen molar-refractivity contribution in [1.29, 1.82) is 0 Å². The summed E-state index contributed by atoms with van der Waals surface area (Å²) in [5.74, 6) is 1.23. The first-order valence-corrected chi connectivity index (χ1v) is 9.82. The number of aryl methyl sites for hydroxylation is 2. The minimum absolute atomic E-state index is 0.143. The highest BCUT2D eigenvalue weighted by Crippen LogP contribution is 2.38. The molecule has 2 aromatic rings. The van der Waals surface area contributed by atoms with Gasteiger partial charge in [0.15, 0.2) is 11.5 Å². The van der Waals surface area contributed by atoms with Crippen LogP contribution >= 0.6 is 0 Å². The van der Waals surface area contributed by atoms with Gasteiger partial charge in [-0.2, -0.15) is 0 Å². The fourth-order valence-corrected chi connectivity index (χ4v) is 3.05. The second-order valence-electron chi connectivity index (χ2n) is 7.08. The predicted molar refractivity (Wildman–Crippen MR) is 117 cm³/mol. The Kier molecular flexibility index (Phi) is 8.54. The van der Waals surface area contributed by atoms with Crippen LogP contribution in [0, 0.1) is 13.8 Å². The molecule has 0 atom stereocenters. The van der Waals surface area contributed by atoms with E-state index in [0.717, 1.165) is 16.9 Å². The molecule has 0 saturated carbocycles. The predicted octanol–water partition coefficient (Wildman–Crippen LogP) is 2.60. The molecule has 0 unspecified atom stereocenters. The van der Waals surface area contributed by atoms with E-state index < -0.39 is 5.91 Å². The van der Waals surface area contributed by atoms with Crippen molar-refractivity contribution in [1.82, 2.24) is 10.2 Å². The Bertz CT molecular complexity index is 883. The Labute approximate surface area is 183 Å². The first-order valence-electron chi connectivity index (χ1n) is 9.82. The largest absolute Gasteiger partial charge is 0.493 e. The summed E-state index contributed by atoms with van der Waals surface area (Å²) >= 11 is 0. The topological polar surface area (TPSA) is 86.3 Å². The number of rotatable bonds is 10. The first kappa shape index (κ1) is 23.9. The number of carbonyl (C=O) groups is 2. The SMILES string of the molecule is COc1cc(C(=O)NCC(=O)N(C)CCOc2cc(C)cc(C)c2)cc(OC)c1OC. The molecule has 2 aromatic carbocycles. The monoisotopic (exact) mass is 430 g/mol. The van der Waals surface area contributed by atoms with Crippen LogP contribution in [0.4, 0.5) is 0 Å². The molecule has 1 N–H and O–H groups in total. The molecule has 0 aliphatic carbocycles. The maximum absolute atomic E-state index is 12.5. The van der Waals surface area contributed by atoms with Gasteiger partial charge in [0, 0.05) is 12.6 Å². The number of hydrogen-bond donors (Lipinski definition) is 1. The van der Waals surface area contributed by atoms with Gasteiger partial charge in [-0.25, -0.2) is 0 Å². The number of likely N-dealkylation sites (N-methyl/N-ethyl adjacent to an activating group) is 1. The molecule has 0 saturated heterocycles. The molecule has 0 spiro atoms. The minimum atomic E-state index is -0.424. The highest BCUT2D eigenvalue weighted by Gasteiger charge is 2.18. The Hall–Kier alpha value is -3.42. The van der Waals surface area contributed by atoms with Crippen LogP contribution in [0.3, 0.4) is 0 Å². The van der Waals surface area contributed by atoms with Crippen molar-refractivity contribution >= 4 is 11.8 Å². The maximum atomic E-state index is 12.5. The molecule has 0 aromatic heterocycles. The molecule has 0 aliphatic rings. The average Bonchev–Trinajstić information content (AvgIpc) is 2.75. The van der Waals surface area contributed by atoms with Crippen LogP contribution < -0.4 is 24.3 Å². The number of hydrogen-bond acceptors (Lipinski definition) is 6. The Morgan fingerprint density at radius 1 is 0.903 bits per heavy atom. The van der Waals surface area contributed by atoms with Crippen molar-refractivity contribution in [2.75, 3.05) is 48.1 Å². The third kappa shape index (κ3) is 6.53. The molecule has 2 amide bonds. The number of nitrogens with zero attached hydrogens (tertiary/aromatic N) is 1. The van der Waals surface area contributed by atoms with Crippen LogP contribution in [-0.2, 0) is 4.79 Å². The lowest BCUT2D eigenvalue weighted by Crippen LogP contribution is -2.39. The van der Waals surface area contributed by atoms with E-state index in [9.17, 15) is 9.59 Å². The van der Waals surface area contributed by atoms with Crippen LogP contribution in [0.2, 0.25) is 0 Å². The van der Waals surface area contributed by atoms with Crippen LogP contribution in [0.25, 0.3) is 0 Å². The summed E-state index contributed by atoms with van der Waals surface area (Å²) in [6.45, 7) is 4.62. The van der Waals surface area contributed by atoms with Crippen molar-refractivity contribution in [3.63, 3.8) is 0 Å². The third-order valence-electron chi connectivity index (χ3n) is 4.64. The third-order valence-corrected chi connectivity index (χ3v) is 4.64. The van der Waals surface area contributed by atoms with Crippen molar-refractivity contribution in [3.05, 3.63) is 47.0 Å². The number of nitrogens with one attached hydrogen (secondary N) is 1. The zero-order chi connectivity index (χ0) is 23.0. The number of ether oxygens (including phenoxy) is 4. The average molecular weight is 431 g/mol. The van der Waals surface area contributed by atoms with Crippen LogP contribution in [-0.4, -0.2) is 64.8 Å². The van der Waals surface area contributed by atoms with Crippen molar-refractivity contribution in [2.45, 2.75) is 13.8 Å². The number of amides is 2. The van der Waals surface area contributed by atoms with Crippen molar-refractivity contribution in [3.8, 4) is 23.0 Å². The van der Waals surface area contributed by atoms with Gasteiger partial charge in [0.25, 0.3) is 5.91 Å². The van der Waals surface area contributed by atoms with E-state index in [1.54, 1.807) is 7.05 Å². The van der Waals surface area contributed by atoms with Gasteiger partial charge in [0.05, 0.1) is 34.4 Å². The highest BCUT2D eigenvalue weighted by molar-refractivity contribution is 5.97. The second-order valence-corrected chi connectivity index (χ2v) is 7.08. The van der Waals surface area contributed by atoms with Crippen molar-refractivity contribution < 1.29 is 28.5 Å². The first-order chi connectivity index (χ1) is 14.8. The van der Waals surface area contributed by atoms with Crippen LogP contribution in [0.5, 0.6) is 23.0 Å². The van der Waals surface area contributed by atoms with E-state index in [2.05, 4.69) is 11.4 Å². The molecular weight excluding hydrogens is 400 g/mol. The minimum Gasteiger partial charge on any atom is -0.493 e. The smallest absolute Gasteiger partial charge is 0.251 e. The molecule has 0 heterocycles. The molecule has 8 heteroatoms. The summed E-state index contributed by atoms with van der Waals surface area (Å²) in [7, 11) is 6.09. The van der Waals surface area contributed by atoms with Crippen LogP contribution in [0.1, 0.15) is 21.5 Å². The van der Waals surface area contributed by atoms with E-state index in [4.69, 9.17) is 18.9 Å². The fourth-order valence-electron chi connectivity index (χ4n) is 3.05. The van der Waals surface area contributed by atoms with E-state index in [0.29, 0.717) is 36.0 Å². The molecule has 31 heavy (non-hydrogen) atoms. The lowest BCUT2D eigenvalue weighted by atomic mass is 10.1. The highest BCUT2D eigenvalue weighted by atomic mass is 16.5. The summed E-state index contributed by atoms with van der Waals surface area (Å²) in [5, 5.41) is 2.62. The summed E-state index contributed by atoms with van der Waals surface area (Å²) in [6, 6.07) is 9.03. The lowest BCUT2D eigenvalue weighted by molar-refractivity contribution is -0.129. The van der Waals surface area contributed by atoms with E-state index >= 15 is 0 Å². The summed E-state index contributed by atoms with van der Waals surface area (Å²) < 4.78 is 21.5. The van der Waals surface area contributed by atoms with E-state index in [1.165, 1.54) is 38.4 Å². The molecule has 0 aliphatic heterocycles. The van der Waals surface area contributed by atoms with Gasteiger partial charge in [0.2, 0.25) is 11.7 Å². The summed E-state index contributed by atoms with van der Waals surface area (Å²) in [5.41, 5.74) is 2.53. The van der Waals surface area contributed by atoms with Gasteiger partial charge < -0.3 is 29.2 Å². The Morgan fingerprint density at radius 2 is 1.48 bits per heavy atom.